The Hall–Kier alpha value is -1.09. The molecule has 15 heavy (non-hydrogen) atoms. The van der Waals surface area contributed by atoms with Crippen LogP contribution in [0.25, 0.3) is 0 Å². The van der Waals surface area contributed by atoms with Crippen molar-refractivity contribution in [3.8, 4) is 0 Å². The number of carbonyl (C=O) groups excluding carboxylic acids is 1. The number of esters is 1. The molecule has 0 unspecified atom stereocenters. The van der Waals surface area contributed by atoms with E-state index in [0.717, 1.165) is 36.9 Å². The van der Waals surface area contributed by atoms with Crippen molar-refractivity contribution >= 4 is 17.6 Å². The van der Waals surface area contributed by atoms with Gasteiger partial charge in [0.25, 0.3) is 0 Å². The van der Waals surface area contributed by atoms with Gasteiger partial charge in [-0.25, -0.2) is 4.79 Å². The second-order valence-electron chi connectivity index (χ2n) is 3.61. The van der Waals surface area contributed by atoms with Crippen LogP contribution >= 0.6 is 11.6 Å². The minimum Gasteiger partial charge on any atom is -0.465 e. The summed E-state index contributed by atoms with van der Waals surface area (Å²) in [5.41, 5.74) is 2.42. The fourth-order valence-corrected chi connectivity index (χ4v) is 2.21. The van der Waals surface area contributed by atoms with Crippen molar-refractivity contribution < 1.29 is 9.53 Å². The lowest BCUT2D eigenvalue weighted by Crippen LogP contribution is -2.11. The number of methoxy groups -OCH3 is 1. The Morgan fingerprint density at radius 3 is 2.93 bits per heavy atom. The fraction of sp³-hybridized carbons (Fsp3) is 0.455. The third-order valence-electron chi connectivity index (χ3n) is 2.69. The van der Waals surface area contributed by atoms with E-state index in [1.54, 1.807) is 0 Å². The lowest BCUT2D eigenvalue weighted by atomic mass is 9.95. The molecule has 0 fully saturated rings. The number of hydrogen-bond acceptors (Lipinski definition) is 3. The van der Waals surface area contributed by atoms with E-state index in [1.165, 1.54) is 13.3 Å². The number of fused-ring (bicyclic) bond motifs is 1. The van der Waals surface area contributed by atoms with Crippen LogP contribution in [0.1, 0.15) is 34.5 Å². The standard InChI is InChI=1S/C11H12ClNO2/c1-15-11(14)8-6-13-9-5-3-2-4-7(9)10(8)12/h6H,2-5H2,1H3. The largest absolute Gasteiger partial charge is 0.465 e. The van der Waals surface area contributed by atoms with E-state index in [9.17, 15) is 4.79 Å². The highest BCUT2D eigenvalue weighted by Gasteiger charge is 2.20. The molecule has 0 saturated carbocycles. The molecule has 0 amide bonds. The Balaban J connectivity index is 2.47. The van der Waals surface area contributed by atoms with E-state index in [4.69, 9.17) is 11.6 Å². The number of pyridine rings is 1. The maximum Gasteiger partial charge on any atom is 0.340 e. The van der Waals surface area contributed by atoms with Gasteiger partial charge >= 0.3 is 5.97 Å². The smallest absolute Gasteiger partial charge is 0.340 e. The van der Waals surface area contributed by atoms with Crippen LogP contribution in [-0.2, 0) is 17.6 Å². The molecule has 0 saturated heterocycles. The second kappa shape index (κ2) is 4.19. The highest BCUT2D eigenvalue weighted by Crippen LogP contribution is 2.29. The predicted molar refractivity (Wildman–Crippen MR) is 57.2 cm³/mol. The first-order valence-corrected chi connectivity index (χ1v) is 5.36. The molecule has 2 rings (SSSR count). The van der Waals surface area contributed by atoms with E-state index in [0.29, 0.717) is 10.6 Å². The Bertz CT molecular complexity index is 404. The summed E-state index contributed by atoms with van der Waals surface area (Å²) in [5, 5.41) is 0.520. The number of aryl methyl sites for hydroxylation is 1. The molecule has 0 aromatic carbocycles. The van der Waals surface area contributed by atoms with Gasteiger partial charge in [0, 0.05) is 11.9 Å². The van der Waals surface area contributed by atoms with Crippen LogP contribution in [0.4, 0.5) is 0 Å². The molecule has 1 aromatic rings. The highest BCUT2D eigenvalue weighted by molar-refractivity contribution is 6.34. The average molecular weight is 226 g/mol. The summed E-state index contributed by atoms with van der Waals surface area (Å²) in [5.74, 6) is -0.416. The van der Waals surface area contributed by atoms with E-state index in [2.05, 4.69) is 9.72 Å². The number of rotatable bonds is 1. The Morgan fingerprint density at radius 1 is 1.47 bits per heavy atom. The average Bonchev–Trinajstić information content (AvgIpc) is 2.29. The van der Waals surface area contributed by atoms with Gasteiger partial charge in [0.05, 0.1) is 17.7 Å². The van der Waals surface area contributed by atoms with Gasteiger partial charge in [0.2, 0.25) is 0 Å². The molecule has 1 aromatic heterocycles. The van der Waals surface area contributed by atoms with E-state index < -0.39 is 5.97 Å². The van der Waals surface area contributed by atoms with Crippen LogP contribution in [0.2, 0.25) is 5.02 Å². The molecule has 80 valence electrons. The van der Waals surface area contributed by atoms with Crippen molar-refractivity contribution in [1.82, 2.24) is 4.98 Å². The summed E-state index contributed by atoms with van der Waals surface area (Å²) in [7, 11) is 1.35. The summed E-state index contributed by atoms with van der Waals surface area (Å²) < 4.78 is 4.64. The molecule has 0 atom stereocenters. The minimum absolute atomic E-state index is 0.375. The predicted octanol–water partition coefficient (Wildman–Crippen LogP) is 2.40. The van der Waals surface area contributed by atoms with Crippen LogP contribution in [0.5, 0.6) is 0 Å². The van der Waals surface area contributed by atoms with Gasteiger partial charge in [-0.1, -0.05) is 11.6 Å². The zero-order valence-corrected chi connectivity index (χ0v) is 9.30. The normalized spacial score (nSPS) is 14.5. The number of ether oxygens (including phenoxy) is 1. The molecule has 0 N–H and O–H groups in total. The first kappa shape index (κ1) is 10.4. The molecule has 3 nitrogen and oxygen atoms in total. The van der Waals surface area contributed by atoms with Crippen LogP contribution < -0.4 is 0 Å². The third kappa shape index (κ3) is 1.84. The molecule has 1 aliphatic carbocycles. The fourth-order valence-electron chi connectivity index (χ4n) is 1.88. The number of hydrogen-bond donors (Lipinski definition) is 0. The van der Waals surface area contributed by atoms with Crippen molar-refractivity contribution in [3.63, 3.8) is 0 Å². The SMILES string of the molecule is COC(=O)c1cnc2c(c1Cl)CCCC2. The van der Waals surface area contributed by atoms with Crippen molar-refractivity contribution in [3.05, 3.63) is 28.0 Å². The van der Waals surface area contributed by atoms with E-state index in [-0.39, 0.29) is 0 Å². The van der Waals surface area contributed by atoms with Gasteiger partial charge in [-0.05, 0) is 31.2 Å². The monoisotopic (exact) mass is 225 g/mol. The molecule has 0 spiro atoms. The maximum atomic E-state index is 11.4. The lowest BCUT2D eigenvalue weighted by Gasteiger charge is -2.17. The number of nitrogens with zero attached hydrogens (tertiary/aromatic N) is 1. The molecule has 0 radical (unpaired) electrons. The summed E-state index contributed by atoms with van der Waals surface area (Å²) in [4.78, 5) is 15.6. The van der Waals surface area contributed by atoms with Gasteiger partial charge in [-0.3, -0.25) is 4.98 Å². The Morgan fingerprint density at radius 2 is 2.20 bits per heavy atom. The summed E-state index contributed by atoms with van der Waals surface area (Å²) in [6, 6.07) is 0. The zero-order valence-electron chi connectivity index (χ0n) is 8.55. The van der Waals surface area contributed by atoms with Crippen molar-refractivity contribution in [2.24, 2.45) is 0 Å². The zero-order chi connectivity index (χ0) is 10.8. The van der Waals surface area contributed by atoms with Gasteiger partial charge in [-0.2, -0.15) is 0 Å². The molecule has 0 bridgehead atoms. The van der Waals surface area contributed by atoms with Crippen LogP contribution in [0.3, 0.4) is 0 Å². The van der Waals surface area contributed by atoms with Crippen molar-refractivity contribution in [1.29, 1.82) is 0 Å². The maximum absolute atomic E-state index is 11.4. The van der Waals surface area contributed by atoms with Gasteiger partial charge in [0.15, 0.2) is 0 Å². The van der Waals surface area contributed by atoms with E-state index >= 15 is 0 Å². The summed E-state index contributed by atoms with van der Waals surface area (Å²) >= 11 is 6.16. The third-order valence-corrected chi connectivity index (χ3v) is 3.13. The lowest BCUT2D eigenvalue weighted by molar-refractivity contribution is 0.0600. The van der Waals surface area contributed by atoms with Gasteiger partial charge < -0.3 is 4.74 Å². The molecule has 1 heterocycles. The topological polar surface area (TPSA) is 39.2 Å². The quantitative estimate of drug-likeness (QED) is 0.689. The molecular formula is C11H12ClNO2. The number of carbonyl (C=O) groups is 1. The second-order valence-corrected chi connectivity index (χ2v) is 3.99. The summed E-state index contributed by atoms with van der Waals surface area (Å²) in [6.45, 7) is 0. The van der Waals surface area contributed by atoms with Gasteiger partial charge in [-0.15, -0.1) is 0 Å². The van der Waals surface area contributed by atoms with Crippen LogP contribution in [0, 0.1) is 0 Å². The van der Waals surface area contributed by atoms with Crippen molar-refractivity contribution in [2.75, 3.05) is 7.11 Å². The van der Waals surface area contributed by atoms with Crippen LogP contribution in [0.15, 0.2) is 6.20 Å². The number of aromatic nitrogens is 1. The molecular weight excluding hydrogens is 214 g/mol. The molecule has 0 aliphatic heterocycles. The minimum atomic E-state index is -0.416. The number of halogens is 1. The Kier molecular flexibility index (Phi) is 2.91. The van der Waals surface area contributed by atoms with E-state index in [1.807, 2.05) is 0 Å². The Labute approximate surface area is 93.4 Å². The molecule has 1 aliphatic rings. The summed E-state index contributed by atoms with van der Waals surface area (Å²) in [6.07, 6.45) is 5.63. The van der Waals surface area contributed by atoms with Gasteiger partial charge in [0.1, 0.15) is 0 Å². The molecule has 4 heteroatoms. The highest BCUT2D eigenvalue weighted by atomic mass is 35.5. The first-order valence-electron chi connectivity index (χ1n) is 4.98. The van der Waals surface area contributed by atoms with Crippen LogP contribution in [-0.4, -0.2) is 18.1 Å². The first-order chi connectivity index (χ1) is 7.24. The van der Waals surface area contributed by atoms with Crippen molar-refractivity contribution in [2.45, 2.75) is 25.7 Å².